The van der Waals surface area contributed by atoms with E-state index in [2.05, 4.69) is 41.5 Å². The number of carbonyl (C=O) groups is 1. The third-order valence-electron chi connectivity index (χ3n) is 2.97. The highest BCUT2D eigenvalue weighted by atomic mass is 32.1. The maximum Gasteiger partial charge on any atom is 0.307 e. The summed E-state index contributed by atoms with van der Waals surface area (Å²) in [7, 11) is 0. The summed E-state index contributed by atoms with van der Waals surface area (Å²) < 4.78 is 4.87. The van der Waals surface area contributed by atoms with Crippen LogP contribution >= 0.6 is 11.3 Å². The summed E-state index contributed by atoms with van der Waals surface area (Å²) in [5.74, 6) is -0.163. The minimum absolute atomic E-state index is 0.163. The molecule has 0 bridgehead atoms. The van der Waals surface area contributed by atoms with Crippen LogP contribution in [0.25, 0.3) is 10.6 Å². The van der Waals surface area contributed by atoms with Crippen LogP contribution in [0, 0.1) is 6.92 Å². The Labute approximate surface area is 129 Å². The zero-order chi connectivity index (χ0) is 15.1. The van der Waals surface area contributed by atoms with Gasteiger partial charge in [0.2, 0.25) is 0 Å². The Morgan fingerprint density at radius 1 is 1.33 bits per heavy atom. The van der Waals surface area contributed by atoms with Gasteiger partial charge in [0.1, 0.15) is 5.01 Å². The molecule has 0 spiro atoms. The van der Waals surface area contributed by atoms with Crippen molar-refractivity contribution in [1.82, 2.24) is 10.3 Å². The van der Waals surface area contributed by atoms with E-state index >= 15 is 0 Å². The molecule has 1 heterocycles. The number of aryl methyl sites for hydroxylation is 1. The molecule has 1 aromatic heterocycles. The molecular formula is C16H20N2O2S. The van der Waals surface area contributed by atoms with Crippen molar-refractivity contribution in [3.63, 3.8) is 0 Å². The van der Waals surface area contributed by atoms with E-state index in [0.717, 1.165) is 16.3 Å². The fraction of sp³-hybridized carbons (Fsp3) is 0.375. The Morgan fingerprint density at radius 2 is 2.10 bits per heavy atom. The second-order valence-electron chi connectivity index (χ2n) is 4.74. The van der Waals surface area contributed by atoms with Crippen LogP contribution in [0.4, 0.5) is 0 Å². The Balaban J connectivity index is 1.81. The maximum atomic E-state index is 11.2. The third-order valence-corrected chi connectivity index (χ3v) is 3.91. The lowest BCUT2D eigenvalue weighted by Gasteiger charge is -2.02. The largest absolute Gasteiger partial charge is 0.466 e. The predicted octanol–water partition coefficient (Wildman–Crippen LogP) is 3.16. The molecular weight excluding hydrogens is 284 g/mol. The highest BCUT2D eigenvalue weighted by Gasteiger charge is 2.05. The third kappa shape index (κ3) is 4.95. The summed E-state index contributed by atoms with van der Waals surface area (Å²) in [6.45, 7) is 5.60. The summed E-state index contributed by atoms with van der Waals surface area (Å²) in [6.07, 6.45) is 0.392. The van der Waals surface area contributed by atoms with Crippen molar-refractivity contribution in [3.05, 3.63) is 40.9 Å². The Bertz CT molecular complexity index is 578. The number of nitrogens with zero attached hydrogens (tertiary/aromatic N) is 1. The first kappa shape index (κ1) is 15.7. The van der Waals surface area contributed by atoms with Crippen molar-refractivity contribution >= 4 is 17.3 Å². The number of carbonyl (C=O) groups excluding carboxylic acids is 1. The van der Waals surface area contributed by atoms with Gasteiger partial charge in [-0.15, -0.1) is 11.3 Å². The Morgan fingerprint density at radius 3 is 2.81 bits per heavy atom. The van der Waals surface area contributed by atoms with E-state index in [1.165, 1.54) is 5.56 Å². The van der Waals surface area contributed by atoms with Crippen molar-refractivity contribution in [1.29, 1.82) is 0 Å². The molecule has 0 aliphatic carbocycles. The number of hydrogen-bond acceptors (Lipinski definition) is 5. The number of esters is 1. The Kier molecular flexibility index (Phi) is 5.90. The number of nitrogens with one attached hydrogen (secondary N) is 1. The van der Waals surface area contributed by atoms with Crippen molar-refractivity contribution in [2.24, 2.45) is 0 Å². The maximum absolute atomic E-state index is 11.2. The molecule has 2 aromatic rings. The molecule has 112 valence electrons. The summed E-state index contributed by atoms with van der Waals surface area (Å²) in [5.41, 5.74) is 3.39. The number of rotatable bonds is 7. The van der Waals surface area contributed by atoms with Crippen molar-refractivity contribution in [2.45, 2.75) is 26.8 Å². The number of ether oxygens (including phenoxy) is 1. The molecule has 21 heavy (non-hydrogen) atoms. The average Bonchev–Trinajstić information content (AvgIpc) is 2.93. The molecule has 0 saturated carbocycles. The molecule has 0 amide bonds. The number of thiazole rings is 1. The molecule has 1 aromatic carbocycles. The van der Waals surface area contributed by atoms with E-state index in [-0.39, 0.29) is 5.97 Å². The van der Waals surface area contributed by atoms with Crippen LogP contribution in [0.5, 0.6) is 0 Å². The van der Waals surface area contributed by atoms with Gasteiger partial charge in [0.25, 0.3) is 0 Å². The summed E-state index contributed by atoms with van der Waals surface area (Å²) in [4.78, 5) is 15.8. The van der Waals surface area contributed by atoms with Gasteiger partial charge >= 0.3 is 5.97 Å². The first-order valence-corrected chi connectivity index (χ1v) is 7.94. The van der Waals surface area contributed by atoms with Gasteiger partial charge < -0.3 is 10.1 Å². The first-order chi connectivity index (χ1) is 10.2. The molecule has 0 atom stereocenters. The second kappa shape index (κ2) is 7.90. The number of benzene rings is 1. The fourth-order valence-electron chi connectivity index (χ4n) is 1.86. The molecule has 0 radical (unpaired) electrons. The van der Waals surface area contributed by atoms with Crippen LogP contribution in [0.2, 0.25) is 0 Å². The molecule has 0 aliphatic rings. The molecule has 2 rings (SSSR count). The minimum atomic E-state index is -0.163. The zero-order valence-corrected chi connectivity index (χ0v) is 13.2. The number of hydrogen-bond donors (Lipinski definition) is 1. The lowest BCUT2D eigenvalue weighted by atomic mass is 10.2. The van der Waals surface area contributed by atoms with E-state index in [4.69, 9.17) is 4.74 Å². The van der Waals surface area contributed by atoms with Crippen molar-refractivity contribution in [3.8, 4) is 10.6 Å². The lowest BCUT2D eigenvalue weighted by molar-refractivity contribution is -0.142. The van der Waals surface area contributed by atoms with Gasteiger partial charge in [0, 0.05) is 24.0 Å². The van der Waals surface area contributed by atoms with E-state index in [9.17, 15) is 4.79 Å². The van der Waals surface area contributed by atoms with Crippen LogP contribution in [0.15, 0.2) is 29.6 Å². The summed E-state index contributed by atoms with van der Waals surface area (Å²) in [6, 6.07) is 8.36. The molecule has 0 aliphatic heterocycles. The zero-order valence-electron chi connectivity index (χ0n) is 12.4. The monoisotopic (exact) mass is 304 g/mol. The minimum Gasteiger partial charge on any atom is -0.466 e. The molecule has 0 unspecified atom stereocenters. The van der Waals surface area contributed by atoms with Crippen LogP contribution < -0.4 is 5.32 Å². The molecule has 0 saturated heterocycles. The van der Waals surface area contributed by atoms with Gasteiger partial charge in [0.15, 0.2) is 0 Å². The highest BCUT2D eigenvalue weighted by Crippen LogP contribution is 2.23. The van der Waals surface area contributed by atoms with E-state index in [1.807, 2.05) is 12.3 Å². The summed E-state index contributed by atoms with van der Waals surface area (Å²) >= 11 is 1.64. The van der Waals surface area contributed by atoms with Gasteiger partial charge in [0.05, 0.1) is 18.7 Å². The normalized spacial score (nSPS) is 10.6. The fourth-order valence-corrected chi connectivity index (χ4v) is 2.68. The molecule has 1 N–H and O–H groups in total. The summed E-state index contributed by atoms with van der Waals surface area (Å²) in [5, 5.41) is 6.28. The van der Waals surface area contributed by atoms with Gasteiger partial charge in [-0.2, -0.15) is 0 Å². The molecule has 5 heteroatoms. The lowest BCUT2D eigenvalue weighted by Crippen LogP contribution is -2.19. The van der Waals surface area contributed by atoms with Gasteiger partial charge in [-0.25, -0.2) is 4.98 Å². The van der Waals surface area contributed by atoms with Crippen molar-refractivity contribution < 1.29 is 9.53 Å². The number of aromatic nitrogens is 1. The van der Waals surface area contributed by atoms with Gasteiger partial charge in [-0.05, 0) is 13.8 Å². The first-order valence-electron chi connectivity index (χ1n) is 7.07. The quantitative estimate of drug-likeness (QED) is 0.630. The topological polar surface area (TPSA) is 51.2 Å². The second-order valence-corrected chi connectivity index (χ2v) is 5.60. The van der Waals surface area contributed by atoms with E-state index in [1.54, 1.807) is 11.3 Å². The molecule has 0 fully saturated rings. The standard InChI is InChI=1S/C16H20N2O2S/c1-3-20-15(19)8-9-17-10-14-11-21-16(18-14)13-6-4-12(2)5-7-13/h4-7,11,17H,3,8-10H2,1-2H3. The van der Waals surface area contributed by atoms with Crippen LogP contribution in [0.3, 0.4) is 0 Å². The van der Waals surface area contributed by atoms with Crippen LogP contribution in [0.1, 0.15) is 24.6 Å². The highest BCUT2D eigenvalue weighted by molar-refractivity contribution is 7.13. The predicted molar refractivity (Wildman–Crippen MR) is 85.2 cm³/mol. The van der Waals surface area contributed by atoms with E-state index < -0.39 is 0 Å². The van der Waals surface area contributed by atoms with Crippen LogP contribution in [-0.4, -0.2) is 24.1 Å². The van der Waals surface area contributed by atoms with Crippen LogP contribution in [-0.2, 0) is 16.1 Å². The SMILES string of the molecule is CCOC(=O)CCNCc1csc(-c2ccc(C)cc2)n1. The van der Waals surface area contributed by atoms with Crippen molar-refractivity contribution in [2.75, 3.05) is 13.2 Å². The van der Waals surface area contributed by atoms with Gasteiger partial charge in [-0.3, -0.25) is 4.79 Å². The average molecular weight is 304 g/mol. The smallest absolute Gasteiger partial charge is 0.307 e. The van der Waals surface area contributed by atoms with Gasteiger partial charge in [-0.1, -0.05) is 29.8 Å². The van der Waals surface area contributed by atoms with E-state index in [0.29, 0.717) is 26.1 Å². The molecule has 4 nitrogen and oxygen atoms in total. The Hall–Kier alpha value is -1.72.